The predicted octanol–water partition coefficient (Wildman–Crippen LogP) is 1.82. The Bertz CT molecular complexity index is 263. The lowest BCUT2D eigenvalue weighted by Gasteiger charge is -2.38. The third kappa shape index (κ3) is 10.7. The standard InChI is InChI=1S/C7H14O5.C6H8.2C2H6/c1-3-5(9)7(11)6(10)4(2-8)12-3;1-3-5-6-4-2;2*1-2/h3-11H,2H2,1H3;3-6H,1-2H2;2*1-2H3/b;6-5-;;/t3-,4?,5?,6-,7?;;;/m1.../s1. The highest BCUT2D eigenvalue weighted by atomic mass is 16.5. The Morgan fingerprint density at radius 1 is 0.864 bits per heavy atom. The minimum Gasteiger partial charge on any atom is -0.394 e. The van der Waals surface area contributed by atoms with Gasteiger partial charge >= 0.3 is 0 Å². The van der Waals surface area contributed by atoms with Crippen LogP contribution in [0.3, 0.4) is 0 Å². The average molecular weight is 318 g/mol. The quantitative estimate of drug-likeness (QED) is 0.596. The van der Waals surface area contributed by atoms with Crippen LogP contribution >= 0.6 is 0 Å². The van der Waals surface area contributed by atoms with Crippen LogP contribution in [0.1, 0.15) is 34.6 Å². The van der Waals surface area contributed by atoms with E-state index >= 15 is 0 Å². The molecule has 1 rings (SSSR count). The first kappa shape index (κ1) is 25.9. The van der Waals surface area contributed by atoms with Crippen LogP contribution in [0.5, 0.6) is 0 Å². The smallest absolute Gasteiger partial charge is 0.111 e. The van der Waals surface area contributed by atoms with Gasteiger partial charge in [0.25, 0.3) is 0 Å². The number of allylic oxidation sites excluding steroid dienone is 4. The summed E-state index contributed by atoms with van der Waals surface area (Å²) in [6.07, 6.45) is 2.14. The van der Waals surface area contributed by atoms with Crippen LogP contribution in [0.4, 0.5) is 0 Å². The summed E-state index contributed by atoms with van der Waals surface area (Å²) in [7, 11) is 0. The lowest BCUT2D eigenvalue weighted by Crippen LogP contribution is -2.57. The van der Waals surface area contributed by atoms with Crippen molar-refractivity contribution in [3.05, 3.63) is 37.5 Å². The van der Waals surface area contributed by atoms with E-state index in [9.17, 15) is 15.3 Å². The monoisotopic (exact) mass is 318 g/mol. The van der Waals surface area contributed by atoms with Gasteiger partial charge in [0.1, 0.15) is 24.4 Å². The number of aliphatic hydroxyl groups is 4. The molecule has 0 aromatic carbocycles. The van der Waals surface area contributed by atoms with Gasteiger partial charge < -0.3 is 25.2 Å². The van der Waals surface area contributed by atoms with Gasteiger partial charge in [-0.25, -0.2) is 0 Å². The van der Waals surface area contributed by atoms with E-state index in [-0.39, 0.29) is 6.61 Å². The molecule has 0 aromatic rings. The lowest BCUT2D eigenvalue weighted by atomic mass is 9.96. The van der Waals surface area contributed by atoms with Crippen molar-refractivity contribution in [3.8, 4) is 0 Å². The van der Waals surface area contributed by atoms with Gasteiger partial charge in [0, 0.05) is 0 Å². The lowest BCUT2D eigenvalue weighted by molar-refractivity contribution is -0.224. The molecule has 5 heteroatoms. The summed E-state index contributed by atoms with van der Waals surface area (Å²) in [6, 6.07) is 0. The zero-order valence-corrected chi connectivity index (χ0v) is 14.5. The summed E-state index contributed by atoms with van der Waals surface area (Å²) in [5, 5.41) is 36.4. The van der Waals surface area contributed by atoms with Gasteiger partial charge in [0.15, 0.2) is 0 Å². The molecule has 0 amide bonds. The highest BCUT2D eigenvalue weighted by Gasteiger charge is 2.41. The molecule has 132 valence electrons. The maximum atomic E-state index is 9.23. The van der Waals surface area contributed by atoms with Gasteiger partial charge in [-0.1, -0.05) is 65.2 Å². The maximum absolute atomic E-state index is 9.23. The van der Waals surface area contributed by atoms with Gasteiger partial charge in [-0.15, -0.1) is 0 Å². The average Bonchev–Trinajstić information content (AvgIpc) is 2.58. The molecule has 0 bridgehead atoms. The fourth-order valence-corrected chi connectivity index (χ4v) is 1.44. The molecular formula is C17H34O5. The molecule has 0 saturated carbocycles. The predicted molar refractivity (Wildman–Crippen MR) is 91.7 cm³/mol. The third-order valence-corrected chi connectivity index (χ3v) is 2.51. The Hall–Kier alpha value is -0.980. The summed E-state index contributed by atoms with van der Waals surface area (Å²) in [5.74, 6) is 0. The number of hydrogen-bond acceptors (Lipinski definition) is 5. The topological polar surface area (TPSA) is 90.2 Å². The normalized spacial score (nSPS) is 29.8. The Morgan fingerprint density at radius 3 is 1.59 bits per heavy atom. The summed E-state index contributed by atoms with van der Waals surface area (Å²) in [6.45, 7) is 16.1. The van der Waals surface area contributed by atoms with Crippen molar-refractivity contribution < 1.29 is 25.2 Å². The van der Waals surface area contributed by atoms with Crippen LogP contribution in [0.25, 0.3) is 0 Å². The molecule has 5 nitrogen and oxygen atoms in total. The second kappa shape index (κ2) is 18.1. The van der Waals surface area contributed by atoms with Crippen molar-refractivity contribution in [3.63, 3.8) is 0 Å². The molecule has 4 N–H and O–H groups in total. The van der Waals surface area contributed by atoms with Gasteiger partial charge in [-0.3, -0.25) is 0 Å². The Labute approximate surface area is 135 Å². The summed E-state index contributed by atoms with van der Waals surface area (Å²) in [5.41, 5.74) is 0. The molecule has 0 radical (unpaired) electrons. The van der Waals surface area contributed by atoms with Crippen LogP contribution in [0, 0.1) is 0 Å². The summed E-state index contributed by atoms with van der Waals surface area (Å²) >= 11 is 0. The van der Waals surface area contributed by atoms with Crippen LogP contribution < -0.4 is 0 Å². The molecule has 1 aliphatic rings. The Morgan fingerprint density at radius 2 is 1.27 bits per heavy atom. The van der Waals surface area contributed by atoms with Crippen molar-refractivity contribution in [1.29, 1.82) is 0 Å². The van der Waals surface area contributed by atoms with Gasteiger partial charge in [-0.2, -0.15) is 0 Å². The second-order valence-corrected chi connectivity index (χ2v) is 3.89. The minimum absolute atomic E-state index is 0.366. The molecule has 1 heterocycles. The van der Waals surface area contributed by atoms with E-state index in [1.807, 2.05) is 39.8 Å². The number of rotatable bonds is 3. The largest absolute Gasteiger partial charge is 0.394 e. The van der Waals surface area contributed by atoms with Crippen molar-refractivity contribution in [2.75, 3.05) is 6.61 Å². The molecule has 1 aliphatic heterocycles. The van der Waals surface area contributed by atoms with E-state index in [4.69, 9.17) is 9.84 Å². The zero-order chi connectivity index (χ0) is 18.1. The first-order chi connectivity index (χ1) is 10.5. The van der Waals surface area contributed by atoms with E-state index in [2.05, 4.69) is 13.2 Å². The van der Waals surface area contributed by atoms with E-state index in [1.54, 1.807) is 19.1 Å². The highest BCUT2D eigenvalue weighted by Crippen LogP contribution is 2.20. The molecule has 1 saturated heterocycles. The number of hydrogen-bond donors (Lipinski definition) is 4. The van der Waals surface area contributed by atoms with Crippen LogP contribution in [0.15, 0.2) is 37.5 Å². The second-order valence-electron chi connectivity index (χ2n) is 3.89. The first-order valence-corrected chi connectivity index (χ1v) is 7.70. The van der Waals surface area contributed by atoms with Crippen molar-refractivity contribution in [2.45, 2.75) is 65.1 Å². The van der Waals surface area contributed by atoms with E-state index in [0.717, 1.165) is 0 Å². The molecular weight excluding hydrogens is 284 g/mol. The molecule has 0 spiro atoms. The molecule has 0 aromatic heterocycles. The number of ether oxygens (including phenoxy) is 1. The minimum atomic E-state index is -1.24. The van der Waals surface area contributed by atoms with Crippen LogP contribution in [0.2, 0.25) is 0 Å². The van der Waals surface area contributed by atoms with Crippen LogP contribution in [-0.4, -0.2) is 57.6 Å². The summed E-state index contributed by atoms with van der Waals surface area (Å²) in [4.78, 5) is 0. The zero-order valence-electron chi connectivity index (χ0n) is 14.5. The highest BCUT2D eigenvalue weighted by molar-refractivity contribution is 5.05. The van der Waals surface area contributed by atoms with E-state index in [1.165, 1.54) is 0 Å². The molecule has 0 aliphatic carbocycles. The molecule has 3 unspecified atom stereocenters. The summed E-state index contributed by atoms with van der Waals surface area (Å²) < 4.78 is 5.02. The third-order valence-electron chi connectivity index (χ3n) is 2.51. The fraction of sp³-hybridized carbons (Fsp3) is 0.647. The molecule has 22 heavy (non-hydrogen) atoms. The SMILES string of the molecule is C=C/C=C\C=C.CC.CC.C[C@H]1OC(CO)[C@@H](O)C(O)C1O. The van der Waals surface area contributed by atoms with Crippen molar-refractivity contribution in [2.24, 2.45) is 0 Å². The first-order valence-electron chi connectivity index (χ1n) is 7.70. The molecule has 5 atom stereocenters. The van der Waals surface area contributed by atoms with Gasteiger partial charge in [-0.05, 0) is 6.92 Å². The fourth-order valence-electron chi connectivity index (χ4n) is 1.44. The number of aliphatic hydroxyl groups excluding tert-OH is 4. The van der Waals surface area contributed by atoms with Crippen molar-refractivity contribution in [1.82, 2.24) is 0 Å². The van der Waals surface area contributed by atoms with Crippen molar-refractivity contribution >= 4 is 0 Å². The van der Waals surface area contributed by atoms with Gasteiger partial charge in [0.05, 0.1) is 12.7 Å². The Balaban J connectivity index is -0.000000306. The Kier molecular flexibility index (Phi) is 21.3. The maximum Gasteiger partial charge on any atom is 0.111 e. The van der Waals surface area contributed by atoms with Crippen LogP contribution in [-0.2, 0) is 4.74 Å². The molecule has 1 fully saturated rings. The van der Waals surface area contributed by atoms with Gasteiger partial charge in [0.2, 0.25) is 0 Å². The van der Waals surface area contributed by atoms with E-state index in [0.29, 0.717) is 0 Å². The van der Waals surface area contributed by atoms with E-state index < -0.39 is 30.5 Å².